The SMILES string of the molecule is O=C(NCCn1ncc2c(=O)n(Cc3ccc(F)cc3)cnc21)c1ccc(Cn2ccnc2)cc1. The number of hydrogen-bond donors (Lipinski definition) is 1. The minimum Gasteiger partial charge on any atom is -0.350 e. The molecule has 0 aliphatic rings. The Morgan fingerprint density at radius 2 is 1.71 bits per heavy atom. The van der Waals surface area contributed by atoms with Crippen LogP contribution in [-0.4, -0.2) is 41.3 Å². The van der Waals surface area contributed by atoms with Gasteiger partial charge in [-0.3, -0.25) is 14.2 Å². The van der Waals surface area contributed by atoms with Crippen molar-refractivity contribution >= 4 is 16.9 Å². The largest absolute Gasteiger partial charge is 0.350 e. The van der Waals surface area contributed by atoms with Crippen LogP contribution in [0.25, 0.3) is 11.0 Å². The summed E-state index contributed by atoms with van der Waals surface area (Å²) in [6, 6.07) is 13.4. The normalized spacial score (nSPS) is 11.1. The number of fused-ring (bicyclic) bond motifs is 1. The Bertz CT molecular complexity index is 1500. The van der Waals surface area contributed by atoms with E-state index in [9.17, 15) is 14.0 Å². The highest BCUT2D eigenvalue weighted by Crippen LogP contribution is 2.09. The molecule has 1 amide bonds. The summed E-state index contributed by atoms with van der Waals surface area (Å²) in [5.74, 6) is -0.518. The van der Waals surface area contributed by atoms with Crippen LogP contribution in [0.4, 0.5) is 4.39 Å². The first kappa shape index (κ1) is 22.2. The predicted octanol–water partition coefficient (Wildman–Crippen LogP) is 2.46. The zero-order chi connectivity index (χ0) is 24.2. The molecule has 0 aliphatic carbocycles. The molecule has 1 N–H and O–H groups in total. The zero-order valence-electron chi connectivity index (χ0n) is 18.7. The van der Waals surface area contributed by atoms with Crippen molar-refractivity contribution in [3.8, 4) is 0 Å². The summed E-state index contributed by atoms with van der Waals surface area (Å²) in [5, 5.41) is 7.52. The molecule has 0 aliphatic heterocycles. The fourth-order valence-electron chi connectivity index (χ4n) is 3.79. The van der Waals surface area contributed by atoms with Crippen LogP contribution in [0.15, 0.2) is 84.6 Å². The van der Waals surface area contributed by atoms with Crippen LogP contribution in [0.2, 0.25) is 0 Å². The van der Waals surface area contributed by atoms with E-state index in [0.717, 1.165) is 11.1 Å². The molecule has 9 nitrogen and oxygen atoms in total. The predicted molar refractivity (Wildman–Crippen MR) is 127 cm³/mol. The van der Waals surface area contributed by atoms with Gasteiger partial charge in [0.2, 0.25) is 0 Å². The summed E-state index contributed by atoms with van der Waals surface area (Å²) in [5.41, 5.74) is 2.64. The van der Waals surface area contributed by atoms with E-state index < -0.39 is 0 Å². The Morgan fingerprint density at radius 3 is 2.46 bits per heavy atom. The molecule has 0 atom stereocenters. The molecular weight excluding hydrogens is 449 g/mol. The molecular formula is C25H22FN7O2. The summed E-state index contributed by atoms with van der Waals surface area (Å²) < 4.78 is 18.1. The zero-order valence-corrected chi connectivity index (χ0v) is 18.7. The van der Waals surface area contributed by atoms with Crippen LogP contribution in [-0.2, 0) is 19.6 Å². The first-order chi connectivity index (χ1) is 17.1. The molecule has 176 valence electrons. The number of hydrogen-bond acceptors (Lipinski definition) is 5. The molecule has 0 unspecified atom stereocenters. The first-order valence-electron chi connectivity index (χ1n) is 11.0. The topological polar surface area (TPSA) is 99.6 Å². The van der Waals surface area contributed by atoms with Crippen molar-refractivity contribution in [1.82, 2.24) is 34.2 Å². The monoisotopic (exact) mass is 471 g/mol. The number of imidazole rings is 1. The second-order valence-electron chi connectivity index (χ2n) is 8.10. The Balaban J connectivity index is 1.20. The van der Waals surface area contributed by atoms with Gasteiger partial charge in [0.1, 0.15) is 17.5 Å². The molecule has 2 aromatic carbocycles. The van der Waals surface area contributed by atoms with E-state index in [1.54, 1.807) is 41.5 Å². The van der Waals surface area contributed by atoms with Crippen molar-refractivity contribution in [3.05, 3.63) is 113 Å². The third-order valence-electron chi connectivity index (χ3n) is 5.64. The average Bonchev–Trinajstić information content (AvgIpc) is 3.53. The number of amides is 1. The number of nitrogens with zero attached hydrogens (tertiary/aromatic N) is 6. The molecule has 3 heterocycles. The van der Waals surface area contributed by atoms with Crippen molar-refractivity contribution in [2.75, 3.05) is 6.54 Å². The van der Waals surface area contributed by atoms with Crippen LogP contribution in [0.5, 0.6) is 0 Å². The number of nitrogens with one attached hydrogen (secondary N) is 1. The van der Waals surface area contributed by atoms with Crippen LogP contribution in [0, 0.1) is 5.82 Å². The summed E-state index contributed by atoms with van der Waals surface area (Å²) in [6.07, 6.45) is 8.29. The molecule has 0 fully saturated rings. The van der Waals surface area contributed by atoms with Crippen molar-refractivity contribution in [1.29, 1.82) is 0 Å². The molecule has 0 spiro atoms. The molecule has 3 aromatic heterocycles. The standard InChI is InChI=1S/C25H22FN7O2/c26-21-7-3-19(4-8-21)15-32-17-29-23-22(25(32)35)13-30-33(23)12-10-28-24(34)20-5-1-18(2-6-20)14-31-11-9-27-16-31/h1-9,11,13,16-17H,10,12,14-15H2,(H,28,34). The van der Waals surface area contributed by atoms with E-state index >= 15 is 0 Å². The maximum atomic E-state index is 13.1. The summed E-state index contributed by atoms with van der Waals surface area (Å²) in [6.45, 7) is 1.66. The minimum atomic E-state index is -0.328. The van der Waals surface area contributed by atoms with Gasteiger partial charge in [-0.25, -0.2) is 19.0 Å². The highest BCUT2D eigenvalue weighted by Gasteiger charge is 2.11. The summed E-state index contributed by atoms with van der Waals surface area (Å²) >= 11 is 0. The highest BCUT2D eigenvalue weighted by molar-refractivity contribution is 5.94. The maximum absolute atomic E-state index is 13.1. The summed E-state index contributed by atoms with van der Waals surface area (Å²) in [4.78, 5) is 33.7. The number of aromatic nitrogens is 6. The average molecular weight is 471 g/mol. The first-order valence-corrected chi connectivity index (χ1v) is 11.0. The lowest BCUT2D eigenvalue weighted by Gasteiger charge is -2.08. The van der Waals surface area contributed by atoms with E-state index in [1.807, 2.05) is 22.9 Å². The van der Waals surface area contributed by atoms with Gasteiger partial charge < -0.3 is 9.88 Å². The van der Waals surface area contributed by atoms with Gasteiger partial charge >= 0.3 is 0 Å². The Morgan fingerprint density at radius 1 is 0.971 bits per heavy atom. The van der Waals surface area contributed by atoms with Crippen molar-refractivity contribution in [2.24, 2.45) is 0 Å². The lowest BCUT2D eigenvalue weighted by Crippen LogP contribution is -2.27. The Labute approximate surface area is 199 Å². The maximum Gasteiger partial charge on any atom is 0.264 e. The van der Waals surface area contributed by atoms with Crippen molar-refractivity contribution < 1.29 is 9.18 Å². The lowest BCUT2D eigenvalue weighted by atomic mass is 10.1. The van der Waals surface area contributed by atoms with E-state index in [1.165, 1.54) is 29.2 Å². The highest BCUT2D eigenvalue weighted by atomic mass is 19.1. The Hall–Kier alpha value is -4.60. The van der Waals surface area contributed by atoms with Crippen LogP contribution >= 0.6 is 0 Å². The molecule has 0 bridgehead atoms. The van der Waals surface area contributed by atoms with E-state index in [0.29, 0.717) is 36.2 Å². The molecule has 0 saturated heterocycles. The van der Waals surface area contributed by atoms with E-state index in [2.05, 4.69) is 20.4 Å². The molecule has 10 heteroatoms. The summed E-state index contributed by atoms with van der Waals surface area (Å²) in [7, 11) is 0. The quantitative estimate of drug-likeness (QED) is 0.375. The number of carbonyl (C=O) groups is 1. The molecule has 5 aromatic rings. The van der Waals surface area contributed by atoms with Crippen molar-refractivity contribution in [3.63, 3.8) is 0 Å². The second-order valence-corrected chi connectivity index (χ2v) is 8.10. The van der Waals surface area contributed by atoms with Crippen LogP contribution in [0.1, 0.15) is 21.5 Å². The smallest absolute Gasteiger partial charge is 0.264 e. The molecule has 35 heavy (non-hydrogen) atoms. The van der Waals surface area contributed by atoms with Gasteiger partial charge in [0.25, 0.3) is 11.5 Å². The molecule has 5 rings (SSSR count). The van der Waals surface area contributed by atoms with Gasteiger partial charge in [0.05, 0.1) is 25.6 Å². The van der Waals surface area contributed by atoms with Crippen LogP contribution < -0.4 is 10.9 Å². The fourth-order valence-corrected chi connectivity index (χ4v) is 3.79. The van der Waals surface area contributed by atoms with Gasteiger partial charge in [0, 0.05) is 31.0 Å². The van der Waals surface area contributed by atoms with E-state index in [-0.39, 0.29) is 23.8 Å². The Kier molecular flexibility index (Phi) is 6.16. The lowest BCUT2D eigenvalue weighted by molar-refractivity contribution is 0.0952. The van der Waals surface area contributed by atoms with Gasteiger partial charge in [-0.2, -0.15) is 5.10 Å². The minimum absolute atomic E-state index is 0.190. The van der Waals surface area contributed by atoms with Gasteiger partial charge in [-0.15, -0.1) is 0 Å². The molecule has 0 saturated carbocycles. The number of benzene rings is 2. The third-order valence-corrected chi connectivity index (χ3v) is 5.64. The second kappa shape index (κ2) is 9.72. The van der Waals surface area contributed by atoms with Gasteiger partial charge in [0.15, 0.2) is 5.65 Å². The molecule has 0 radical (unpaired) electrons. The van der Waals surface area contributed by atoms with E-state index in [4.69, 9.17) is 0 Å². The van der Waals surface area contributed by atoms with Crippen molar-refractivity contribution in [2.45, 2.75) is 19.6 Å². The van der Waals surface area contributed by atoms with Crippen LogP contribution in [0.3, 0.4) is 0 Å². The number of carbonyl (C=O) groups excluding carboxylic acids is 1. The fraction of sp³-hybridized carbons (Fsp3) is 0.160. The van der Waals surface area contributed by atoms with Gasteiger partial charge in [-0.1, -0.05) is 24.3 Å². The number of halogens is 1. The number of rotatable bonds is 8. The third kappa shape index (κ3) is 5.01. The van der Waals surface area contributed by atoms with Gasteiger partial charge in [-0.05, 0) is 35.4 Å².